The molecule has 98 valence electrons. The molecule has 2 aromatic rings. The first-order valence-electron chi connectivity index (χ1n) is 6.26. The third-order valence-electron chi connectivity index (χ3n) is 3.44. The standard InChI is InChI=1S/C14H15N3O2/c1-16-6-7-17(13(18)9-16)12-8-10-4-2-3-5-11(10)14(19)15-12/h2-5,8H,6-7,9H2,1H3,(H,15,19). The number of nitrogens with zero attached hydrogens (tertiary/aromatic N) is 2. The fraction of sp³-hybridized carbons (Fsp3) is 0.286. The Hall–Kier alpha value is -2.14. The van der Waals surface area contributed by atoms with E-state index in [1.54, 1.807) is 11.0 Å². The van der Waals surface area contributed by atoms with E-state index in [9.17, 15) is 9.59 Å². The molecule has 0 aliphatic carbocycles. The predicted molar refractivity (Wildman–Crippen MR) is 74.4 cm³/mol. The quantitative estimate of drug-likeness (QED) is 0.822. The number of carbonyl (C=O) groups is 1. The predicted octanol–water partition coefficient (Wildman–Crippen LogP) is 0.806. The van der Waals surface area contributed by atoms with Gasteiger partial charge in [0.05, 0.1) is 6.54 Å². The molecule has 5 nitrogen and oxygen atoms in total. The van der Waals surface area contributed by atoms with Gasteiger partial charge in [-0.15, -0.1) is 0 Å². The van der Waals surface area contributed by atoms with E-state index in [1.165, 1.54) is 0 Å². The van der Waals surface area contributed by atoms with Gasteiger partial charge in [0.15, 0.2) is 0 Å². The fourth-order valence-corrected chi connectivity index (χ4v) is 2.39. The van der Waals surface area contributed by atoms with Gasteiger partial charge in [-0.3, -0.25) is 19.4 Å². The normalized spacial score (nSPS) is 17.1. The van der Waals surface area contributed by atoms with Crippen molar-refractivity contribution in [1.29, 1.82) is 0 Å². The van der Waals surface area contributed by atoms with Crippen molar-refractivity contribution >= 4 is 22.5 Å². The van der Waals surface area contributed by atoms with Crippen LogP contribution in [0.2, 0.25) is 0 Å². The van der Waals surface area contributed by atoms with Gasteiger partial charge in [0, 0.05) is 18.5 Å². The molecule has 0 unspecified atom stereocenters. The lowest BCUT2D eigenvalue weighted by atomic mass is 10.1. The Labute approximate surface area is 110 Å². The Morgan fingerprint density at radius 3 is 2.74 bits per heavy atom. The lowest BCUT2D eigenvalue weighted by Crippen LogP contribution is -2.49. The van der Waals surface area contributed by atoms with E-state index in [0.29, 0.717) is 24.3 Å². The first-order chi connectivity index (χ1) is 9.15. The number of aromatic nitrogens is 1. The first kappa shape index (κ1) is 11.9. The van der Waals surface area contributed by atoms with Crippen LogP contribution in [0, 0.1) is 0 Å². The molecule has 0 radical (unpaired) electrons. The second kappa shape index (κ2) is 4.51. The third kappa shape index (κ3) is 2.13. The summed E-state index contributed by atoms with van der Waals surface area (Å²) in [7, 11) is 1.92. The number of fused-ring (bicyclic) bond motifs is 1. The number of aromatic amines is 1. The minimum Gasteiger partial charge on any atom is -0.308 e. The Balaban J connectivity index is 2.06. The van der Waals surface area contributed by atoms with Crippen molar-refractivity contribution in [3.05, 3.63) is 40.7 Å². The number of hydrogen-bond donors (Lipinski definition) is 1. The first-order valence-corrected chi connectivity index (χ1v) is 6.26. The highest BCUT2D eigenvalue weighted by Crippen LogP contribution is 2.18. The van der Waals surface area contributed by atoms with Crippen molar-refractivity contribution in [3.63, 3.8) is 0 Å². The average Bonchev–Trinajstić information content (AvgIpc) is 2.38. The maximum Gasteiger partial charge on any atom is 0.257 e. The second-order valence-corrected chi connectivity index (χ2v) is 4.85. The van der Waals surface area contributed by atoms with Crippen LogP contribution in [-0.2, 0) is 4.79 Å². The van der Waals surface area contributed by atoms with Crippen molar-refractivity contribution in [2.45, 2.75) is 0 Å². The highest BCUT2D eigenvalue weighted by Gasteiger charge is 2.23. The van der Waals surface area contributed by atoms with Crippen LogP contribution in [0.3, 0.4) is 0 Å². The van der Waals surface area contributed by atoms with Crippen LogP contribution in [0.15, 0.2) is 35.1 Å². The maximum atomic E-state index is 12.0. The molecule has 1 amide bonds. The number of benzene rings is 1. The van der Waals surface area contributed by atoms with Crippen LogP contribution >= 0.6 is 0 Å². The lowest BCUT2D eigenvalue weighted by Gasteiger charge is -2.31. The minimum atomic E-state index is -0.153. The summed E-state index contributed by atoms with van der Waals surface area (Å²) in [6, 6.07) is 9.24. The van der Waals surface area contributed by atoms with E-state index in [4.69, 9.17) is 0 Å². The SMILES string of the molecule is CN1CCN(c2cc3ccccc3c(=O)[nH]2)C(=O)C1. The molecular formula is C14H15N3O2. The van der Waals surface area contributed by atoms with E-state index in [-0.39, 0.29) is 11.5 Å². The van der Waals surface area contributed by atoms with Gasteiger partial charge in [-0.2, -0.15) is 0 Å². The maximum absolute atomic E-state index is 12.0. The van der Waals surface area contributed by atoms with Crippen LogP contribution in [0.4, 0.5) is 5.82 Å². The highest BCUT2D eigenvalue weighted by atomic mass is 16.2. The molecule has 1 saturated heterocycles. The van der Waals surface area contributed by atoms with Gasteiger partial charge in [0.1, 0.15) is 5.82 Å². The number of H-pyrrole nitrogens is 1. The van der Waals surface area contributed by atoms with E-state index in [1.807, 2.05) is 36.2 Å². The Bertz CT molecular complexity index is 692. The van der Waals surface area contributed by atoms with Gasteiger partial charge in [-0.1, -0.05) is 18.2 Å². The molecule has 0 spiro atoms. The van der Waals surface area contributed by atoms with E-state index < -0.39 is 0 Å². The molecule has 0 saturated carbocycles. The van der Waals surface area contributed by atoms with Crippen molar-refractivity contribution in [3.8, 4) is 0 Å². The molecule has 1 aromatic carbocycles. The summed E-state index contributed by atoms with van der Waals surface area (Å²) in [5.74, 6) is 0.599. The Morgan fingerprint density at radius 2 is 1.95 bits per heavy atom. The smallest absolute Gasteiger partial charge is 0.257 e. The molecule has 1 aliphatic heterocycles. The number of piperazine rings is 1. The molecule has 1 aliphatic rings. The Kier molecular flexibility index (Phi) is 2.83. The molecular weight excluding hydrogens is 242 g/mol. The molecule has 2 heterocycles. The molecule has 0 atom stereocenters. The van der Waals surface area contributed by atoms with Crippen LogP contribution in [0.25, 0.3) is 10.8 Å². The number of nitrogens with one attached hydrogen (secondary N) is 1. The number of rotatable bonds is 1. The summed E-state index contributed by atoms with van der Waals surface area (Å²) in [5, 5.41) is 1.50. The average molecular weight is 257 g/mol. The number of amides is 1. The largest absolute Gasteiger partial charge is 0.308 e. The Morgan fingerprint density at radius 1 is 1.16 bits per heavy atom. The van der Waals surface area contributed by atoms with Gasteiger partial charge in [0.25, 0.3) is 5.56 Å². The van der Waals surface area contributed by atoms with Gasteiger partial charge in [0.2, 0.25) is 5.91 Å². The van der Waals surface area contributed by atoms with E-state index in [0.717, 1.165) is 11.9 Å². The second-order valence-electron chi connectivity index (χ2n) is 4.85. The number of carbonyl (C=O) groups excluding carboxylic acids is 1. The summed E-state index contributed by atoms with van der Waals surface area (Å²) in [5.41, 5.74) is -0.153. The van der Waals surface area contributed by atoms with Gasteiger partial charge in [-0.05, 0) is 24.6 Å². The zero-order chi connectivity index (χ0) is 13.4. The van der Waals surface area contributed by atoms with E-state index in [2.05, 4.69) is 4.98 Å². The van der Waals surface area contributed by atoms with Crippen molar-refractivity contribution in [2.24, 2.45) is 0 Å². The molecule has 19 heavy (non-hydrogen) atoms. The van der Waals surface area contributed by atoms with Gasteiger partial charge in [-0.25, -0.2) is 0 Å². The van der Waals surface area contributed by atoms with Crippen molar-refractivity contribution in [2.75, 3.05) is 31.6 Å². The van der Waals surface area contributed by atoms with Crippen LogP contribution in [0.1, 0.15) is 0 Å². The molecule has 1 fully saturated rings. The summed E-state index contributed by atoms with van der Waals surface area (Å²) in [6.07, 6.45) is 0. The zero-order valence-corrected chi connectivity index (χ0v) is 10.7. The molecule has 3 rings (SSSR count). The third-order valence-corrected chi connectivity index (χ3v) is 3.44. The topological polar surface area (TPSA) is 56.4 Å². The van der Waals surface area contributed by atoms with Crippen LogP contribution < -0.4 is 10.5 Å². The van der Waals surface area contributed by atoms with Gasteiger partial charge >= 0.3 is 0 Å². The number of hydrogen-bond acceptors (Lipinski definition) is 3. The lowest BCUT2D eigenvalue weighted by molar-refractivity contribution is -0.120. The molecule has 1 aromatic heterocycles. The van der Waals surface area contributed by atoms with E-state index >= 15 is 0 Å². The molecule has 5 heteroatoms. The molecule has 0 bridgehead atoms. The fourth-order valence-electron chi connectivity index (χ4n) is 2.39. The highest BCUT2D eigenvalue weighted by molar-refractivity contribution is 5.96. The summed E-state index contributed by atoms with van der Waals surface area (Å²) in [4.78, 5) is 30.4. The molecule has 1 N–H and O–H groups in total. The summed E-state index contributed by atoms with van der Waals surface area (Å²) in [6.45, 7) is 1.79. The number of likely N-dealkylation sites (N-methyl/N-ethyl adjacent to an activating group) is 1. The van der Waals surface area contributed by atoms with Crippen molar-refractivity contribution in [1.82, 2.24) is 9.88 Å². The summed E-state index contributed by atoms with van der Waals surface area (Å²) >= 11 is 0. The van der Waals surface area contributed by atoms with Crippen LogP contribution in [0.5, 0.6) is 0 Å². The summed E-state index contributed by atoms with van der Waals surface area (Å²) < 4.78 is 0. The number of anilines is 1. The zero-order valence-electron chi connectivity index (χ0n) is 10.7. The van der Waals surface area contributed by atoms with Crippen LogP contribution in [-0.4, -0.2) is 42.5 Å². The monoisotopic (exact) mass is 257 g/mol. The minimum absolute atomic E-state index is 0.0136. The van der Waals surface area contributed by atoms with Gasteiger partial charge < -0.3 is 4.98 Å². The number of pyridine rings is 1. The van der Waals surface area contributed by atoms with Crippen molar-refractivity contribution < 1.29 is 4.79 Å².